The second kappa shape index (κ2) is 6.94. The fourth-order valence-corrected chi connectivity index (χ4v) is 3.78. The number of benzene rings is 1. The molecule has 1 aromatic carbocycles. The predicted octanol–water partition coefficient (Wildman–Crippen LogP) is 3.82. The number of amides is 1. The molecule has 1 atom stereocenters. The van der Waals surface area contributed by atoms with Crippen LogP contribution in [0.25, 0.3) is 5.76 Å². The van der Waals surface area contributed by atoms with Crippen LogP contribution in [0.5, 0.6) is 0 Å². The summed E-state index contributed by atoms with van der Waals surface area (Å²) >= 11 is 7.22. The van der Waals surface area contributed by atoms with Gasteiger partial charge in [-0.15, -0.1) is 11.3 Å². The Morgan fingerprint density at radius 3 is 2.41 bits per heavy atom. The third-order valence-electron chi connectivity index (χ3n) is 4.21. The van der Waals surface area contributed by atoms with Crippen molar-refractivity contribution in [2.75, 3.05) is 4.90 Å². The van der Waals surface area contributed by atoms with E-state index in [-0.39, 0.29) is 11.3 Å². The number of carbonyl (C=O) groups is 2. The lowest BCUT2D eigenvalue weighted by atomic mass is 9.96. The fourth-order valence-electron chi connectivity index (χ4n) is 2.99. The second-order valence-corrected chi connectivity index (χ2v) is 7.08. The number of aliphatic hydroxyl groups excluding tert-OH is 1. The lowest BCUT2D eigenvalue weighted by molar-refractivity contribution is -0.132. The first-order valence-electron chi connectivity index (χ1n) is 7.94. The van der Waals surface area contributed by atoms with E-state index in [0.717, 1.165) is 0 Å². The number of pyridine rings is 1. The summed E-state index contributed by atoms with van der Waals surface area (Å²) < 4.78 is 0. The molecule has 27 heavy (non-hydrogen) atoms. The van der Waals surface area contributed by atoms with Crippen molar-refractivity contribution in [1.29, 1.82) is 0 Å². The molecule has 1 saturated heterocycles. The Labute approximate surface area is 163 Å². The van der Waals surface area contributed by atoms with Crippen molar-refractivity contribution in [2.45, 2.75) is 6.04 Å². The third kappa shape index (κ3) is 3.01. The van der Waals surface area contributed by atoms with Crippen LogP contribution in [0, 0.1) is 0 Å². The fraction of sp³-hybridized carbons (Fsp3) is 0.0526. The molecule has 2 aromatic heterocycles. The van der Waals surface area contributed by atoms with E-state index in [1.165, 1.54) is 28.6 Å². The van der Waals surface area contributed by atoms with Crippen LogP contribution in [-0.2, 0) is 9.59 Å². The maximum absolute atomic E-state index is 12.8. The SMILES string of the molecule is O=C1C(=O)N(c2nccs2)C(c2ccc(Cl)cc2)/C1=C(\O)c1ccncc1. The first-order chi connectivity index (χ1) is 13.1. The second-order valence-electron chi connectivity index (χ2n) is 5.77. The van der Waals surface area contributed by atoms with E-state index in [0.29, 0.717) is 21.3 Å². The van der Waals surface area contributed by atoms with Crippen molar-refractivity contribution in [3.05, 3.63) is 82.1 Å². The van der Waals surface area contributed by atoms with Crippen LogP contribution in [0.4, 0.5) is 5.13 Å². The number of ketones is 1. The predicted molar refractivity (Wildman–Crippen MR) is 103 cm³/mol. The molecular formula is C19H12ClN3O3S. The van der Waals surface area contributed by atoms with Gasteiger partial charge in [-0.1, -0.05) is 23.7 Å². The van der Waals surface area contributed by atoms with Gasteiger partial charge in [-0.05, 0) is 29.8 Å². The minimum absolute atomic E-state index is 0.00345. The summed E-state index contributed by atoms with van der Waals surface area (Å²) in [5, 5.41) is 13.4. The van der Waals surface area contributed by atoms with E-state index in [1.54, 1.807) is 48.0 Å². The van der Waals surface area contributed by atoms with Gasteiger partial charge in [0.2, 0.25) is 0 Å². The van der Waals surface area contributed by atoms with E-state index < -0.39 is 17.7 Å². The van der Waals surface area contributed by atoms with Gasteiger partial charge in [-0.2, -0.15) is 0 Å². The third-order valence-corrected chi connectivity index (χ3v) is 5.23. The molecule has 4 rings (SSSR count). The highest BCUT2D eigenvalue weighted by Crippen LogP contribution is 2.42. The van der Waals surface area contributed by atoms with Gasteiger partial charge in [0.05, 0.1) is 11.6 Å². The summed E-state index contributed by atoms with van der Waals surface area (Å²) in [5.41, 5.74) is 1.05. The zero-order valence-electron chi connectivity index (χ0n) is 13.7. The molecule has 0 bridgehead atoms. The molecule has 1 aliphatic rings. The lowest BCUT2D eigenvalue weighted by Gasteiger charge is -2.23. The summed E-state index contributed by atoms with van der Waals surface area (Å²) in [6.45, 7) is 0. The van der Waals surface area contributed by atoms with E-state index >= 15 is 0 Å². The van der Waals surface area contributed by atoms with Crippen molar-refractivity contribution in [2.24, 2.45) is 0 Å². The molecule has 1 N–H and O–H groups in total. The molecule has 1 amide bonds. The van der Waals surface area contributed by atoms with Crippen molar-refractivity contribution in [3.63, 3.8) is 0 Å². The molecule has 1 unspecified atom stereocenters. The van der Waals surface area contributed by atoms with Gasteiger partial charge in [0, 0.05) is 34.6 Å². The number of hydrogen-bond donors (Lipinski definition) is 1. The molecule has 0 aliphatic carbocycles. The Morgan fingerprint density at radius 2 is 1.78 bits per heavy atom. The molecule has 0 radical (unpaired) electrons. The first-order valence-corrected chi connectivity index (χ1v) is 9.20. The number of rotatable bonds is 3. The summed E-state index contributed by atoms with van der Waals surface area (Å²) in [4.78, 5) is 35.0. The van der Waals surface area contributed by atoms with Crippen LogP contribution in [0.2, 0.25) is 5.02 Å². The summed E-state index contributed by atoms with van der Waals surface area (Å²) in [5.74, 6) is -1.75. The van der Waals surface area contributed by atoms with Crippen LogP contribution < -0.4 is 4.90 Å². The molecule has 8 heteroatoms. The Hall–Kier alpha value is -3.03. The Kier molecular flexibility index (Phi) is 4.47. The quantitative estimate of drug-likeness (QED) is 0.412. The lowest BCUT2D eigenvalue weighted by Crippen LogP contribution is -2.29. The molecule has 3 aromatic rings. The van der Waals surface area contributed by atoms with Gasteiger partial charge in [-0.3, -0.25) is 19.5 Å². The number of Topliss-reactive ketones (excluding diaryl/α,β-unsaturated/α-hetero) is 1. The van der Waals surface area contributed by atoms with Crippen molar-refractivity contribution in [3.8, 4) is 0 Å². The van der Waals surface area contributed by atoms with E-state index in [9.17, 15) is 14.7 Å². The van der Waals surface area contributed by atoms with Gasteiger partial charge in [0.1, 0.15) is 5.76 Å². The van der Waals surface area contributed by atoms with Gasteiger partial charge in [0.15, 0.2) is 5.13 Å². The van der Waals surface area contributed by atoms with Crippen LogP contribution in [0.3, 0.4) is 0 Å². The van der Waals surface area contributed by atoms with Crippen LogP contribution in [0.1, 0.15) is 17.2 Å². The van der Waals surface area contributed by atoms with Gasteiger partial charge in [0.25, 0.3) is 5.78 Å². The largest absolute Gasteiger partial charge is 0.507 e. The molecule has 6 nitrogen and oxygen atoms in total. The smallest absolute Gasteiger partial charge is 0.301 e. The van der Waals surface area contributed by atoms with E-state index in [4.69, 9.17) is 11.6 Å². The topological polar surface area (TPSA) is 83.4 Å². The minimum atomic E-state index is -0.804. The van der Waals surface area contributed by atoms with Crippen LogP contribution in [0.15, 0.2) is 65.9 Å². The number of aliphatic hydroxyl groups is 1. The highest BCUT2D eigenvalue weighted by Gasteiger charge is 2.47. The number of aromatic nitrogens is 2. The van der Waals surface area contributed by atoms with Crippen LogP contribution >= 0.6 is 22.9 Å². The number of carbonyl (C=O) groups excluding carboxylic acids is 2. The number of thiazole rings is 1. The monoisotopic (exact) mass is 397 g/mol. The summed E-state index contributed by atoms with van der Waals surface area (Å²) in [7, 11) is 0. The normalized spacial score (nSPS) is 18.9. The average molecular weight is 398 g/mol. The Bertz CT molecular complexity index is 1030. The van der Waals surface area contributed by atoms with Crippen molar-refractivity contribution in [1.82, 2.24) is 9.97 Å². The highest BCUT2D eigenvalue weighted by molar-refractivity contribution is 7.14. The first kappa shape index (κ1) is 17.4. The molecule has 0 spiro atoms. The maximum Gasteiger partial charge on any atom is 0.301 e. The van der Waals surface area contributed by atoms with Crippen molar-refractivity contribution >= 4 is 45.5 Å². The minimum Gasteiger partial charge on any atom is -0.507 e. The maximum atomic E-state index is 12.8. The molecule has 0 saturated carbocycles. The zero-order chi connectivity index (χ0) is 19.0. The molecule has 1 fully saturated rings. The van der Waals surface area contributed by atoms with Crippen LogP contribution in [-0.4, -0.2) is 26.8 Å². The number of nitrogens with zero attached hydrogens (tertiary/aromatic N) is 3. The Balaban J connectivity index is 1.94. The molecule has 1 aliphatic heterocycles. The van der Waals surface area contributed by atoms with Gasteiger partial charge in [-0.25, -0.2) is 4.98 Å². The summed E-state index contributed by atoms with van der Waals surface area (Å²) in [6, 6.07) is 9.13. The van der Waals surface area contributed by atoms with E-state index in [2.05, 4.69) is 9.97 Å². The standard InChI is InChI=1S/C19H12ClN3O3S/c20-13-3-1-11(2-4-13)15-14(16(24)12-5-7-21-8-6-12)17(25)18(26)23(15)19-22-9-10-27-19/h1-10,15,24H/b16-14+. The number of anilines is 1. The van der Waals surface area contributed by atoms with Crippen molar-refractivity contribution < 1.29 is 14.7 Å². The van der Waals surface area contributed by atoms with E-state index in [1.807, 2.05) is 0 Å². The number of hydrogen-bond acceptors (Lipinski definition) is 6. The van der Waals surface area contributed by atoms with Gasteiger partial charge >= 0.3 is 5.91 Å². The Morgan fingerprint density at radius 1 is 1.07 bits per heavy atom. The average Bonchev–Trinajstić information content (AvgIpc) is 3.30. The highest BCUT2D eigenvalue weighted by atomic mass is 35.5. The summed E-state index contributed by atoms with van der Waals surface area (Å²) in [6.07, 6.45) is 4.56. The molecule has 3 heterocycles. The zero-order valence-corrected chi connectivity index (χ0v) is 15.3. The van der Waals surface area contributed by atoms with Gasteiger partial charge < -0.3 is 5.11 Å². The molecular weight excluding hydrogens is 386 g/mol. The number of halogens is 1. The molecule has 134 valence electrons.